The number of aromatic nitrogens is 4. The van der Waals surface area contributed by atoms with Gasteiger partial charge in [-0.1, -0.05) is 63.3 Å². The summed E-state index contributed by atoms with van der Waals surface area (Å²) >= 11 is 1.42. The Labute approximate surface area is 494 Å². The molecule has 3 atom stereocenters. The quantitative estimate of drug-likeness (QED) is 0.0310. The number of benzene rings is 2. The van der Waals surface area contributed by atoms with Crippen LogP contribution < -0.4 is 15.5 Å². The molecular weight excluding hydrogens is 1090 g/mol. The van der Waals surface area contributed by atoms with Gasteiger partial charge in [0.15, 0.2) is 10.8 Å². The topological polar surface area (TPSA) is 246 Å². The molecule has 0 spiro atoms. The molecule has 9 rings (SSSR count). The number of hydrogen-bond donors (Lipinski definition) is 3. The average molecular weight is 1170 g/mol. The summed E-state index contributed by atoms with van der Waals surface area (Å²) in [4.78, 5) is 89.3. The highest BCUT2D eigenvalue weighted by Crippen LogP contribution is 2.63. The van der Waals surface area contributed by atoms with Crippen molar-refractivity contribution < 1.29 is 57.6 Å². The van der Waals surface area contributed by atoms with Crippen LogP contribution in [0.3, 0.4) is 0 Å². The van der Waals surface area contributed by atoms with Gasteiger partial charge in [-0.05, 0) is 103 Å². The Bertz CT molecular complexity index is 3200. The molecule has 4 aliphatic rings. The lowest BCUT2D eigenvalue weighted by atomic mass is 9.48. The number of carbonyl (C=O) groups excluding carboxylic acids is 5. The van der Waals surface area contributed by atoms with Gasteiger partial charge in [-0.25, -0.2) is 14.8 Å². The summed E-state index contributed by atoms with van der Waals surface area (Å²) < 4.78 is 32.3. The van der Waals surface area contributed by atoms with Gasteiger partial charge in [0.05, 0.1) is 87.9 Å². The summed E-state index contributed by atoms with van der Waals surface area (Å²) in [6, 6.07) is 17.2. The number of imide groups is 1. The number of hydrogen-bond acceptors (Lipinski definition) is 16. The number of ether oxygens (including phenoxy) is 5. The van der Waals surface area contributed by atoms with Gasteiger partial charge >= 0.3 is 5.97 Å². The fraction of sp³-hybridized carbons (Fsp3) is 0.532. The molecule has 2 aromatic carbocycles. The van der Waals surface area contributed by atoms with Crippen molar-refractivity contribution in [3.8, 4) is 11.1 Å². The van der Waals surface area contributed by atoms with Crippen molar-refractivity contribution in [3.63, 3.8) is 0 Å². The van der Waals surface area contributed by atoms with E-state index < -0.39 is 23.4 Å². The second-order valence-electron chi connectivity index (χ2n) is 24.2. The van der Waals surface area contributed by atoms with Crippen LogP contribution in [0.2, 0.25) is 0 Å². The largest absolute Gasteiger partial charge is 0.476 e. The minimum Gasteiger partial charge on any atom is -0.476 e. The van der Waals surface area contributed by atoms with E-state index in [1.54, 1.807) is 18.1 Å². The number of likely N-dealkylation sites (N-methyl/N-ethyl adjacent to an activating group) is 1. The van der Waals surface area contributed by atoms with Gasteiger partial charge in [0.25, 0.3) is 17.7 Å². The minimum atomic E-state index is -1.14. The van der Waals surface area contributed by atoms with Gasteiger partial charge in [-0.3, -0.25) is 38.9 Å². The number of amides is 5. The van der Waals surface area contributed by atoms with Crippen molar-refractivity contribution in [1.29, 1.82) is 0 Å². The van der Waals surface area contributed by atoms with Crippen molar-refractivity contribution in [2.24, 2.45) is 16.2 Å². The SMILES string of the molecule is Cc1c(-c2ccc(N3CCc4cccc(C(=O)Nc5nc6ccccc6s5)c4C3)nc2C(=O)O)cnn1CC1(C)CC2(C)CC(C)(C)CC(OCCN(C)C(=O)CCOCCOCCOCCOCCNC(=O)CCN3C(=O)C=CC3=O)(C1)C2. The van der Waals surface area contributed by atoms with Crippen LogP contribution in [0.4, 0.5) is 10.9 Å². The molecule has 2 saturated carbocycles. The third-order valence-electron chi connectivity index (χ3n) is 16.3. The predicted octanol–water partition coefficient (Wildman–Crippen LogP) is 7.49. The van der Waals surface area contributed by atoms with Gasteiger partial charge in [-0.15, -0.1) is 0 Å². The molecule has 2 fully saturated rings. The maximum Gasteiger partial charge on any atom is 0.355 e. The van der Waals surface area contributed by atoms with Crippen LogP contribution in [0.15, 0.2) is 72.9 Å². The van der Waals surface area contributed by atoms with Crippen molar-refractivity contribution in [3.05, 3.63) is 101 Å². The number of nitrogens with zero attached hydrogens (tertiary/aromatic N) is 7. The van der Waals surface area contributed by atoms with Crippen LogP contribution in [0.5, 0.6) is 0 Å². The zero-order valence-corrected chi connectivity index (χ0v) is 50.0. The van der Waals surface area contributed by atoms with Crippen LogP contribution in [0, 0.1) is 23.2 Å². The fourth-order valence-corrected chi connectivity index (χ4v) is 14.4. The Hall–Kier alpha value is -6.95. The van der Waals surface area contributed by atoms with Crippen molar-refractivity contribution in [2.45, 2.75) is 105 Å². The van der Waals surface area contributed by atoms with Gasteiger partial charge in [0.1, 0.15) is 5.82 Å². The molecule has 0 radical (unpaired) electrons. The van der Waals surface area contributed by atoms with Crippen LogP contribution >= 0.6 is 11.3 Å². The lowest BCUT2D eigenvalue weighted by Gasteiger charge is -2.61. The molecule has 5 heterocycles. The summed E-state index contributed by atoms with van der Waals surface area (Å²) in [6.45, 7) is 16.9. The zero-order chi connectivity index (χ0) is 59.7. The van der Waals surface area contributed by atoms with Gasteiger partial charge in [0, 0.05) is 87.3 Å². The predicted molar refractivity (Wildman–Crippen MR) is 317 cm³/mol. The zero-order valence-electron chi connectivity index (χ0n) is 49.2. The molecule has 3 unspecified atom stereocenters. The number of aromatic carboxylic acids is 1. The summed E-state index contributed by atoms with van der Waals surface area (Å²) in [7, 11) is 1.80. The van der Waals surface area contributed by atoms with E-state index in [1.165, 1.54) is 23.5 Å². The molecule has 3 N–H and O–H groups in total. The number of anilines is 2. The Kier molecular flexibility index (Phi) is 19.8. The highest BCUT2D eigenvalue weighted by atomic mass is 32.1. The lowest BCUT2D eigenvalue weighted by Crippen LogP contribution is -2.57. The highest BCUT2D eigenvalue weighted by Gasteiger charge is 2.58. The van der Waals surface area contributed by atoms with E-state index in [0.717, 1.165) is 64.0 Å². The maximum atomic E-state index is 13.7. The molecule has 5 aromatic rings. The molecule has 22 heteroatoms. The van der Waals surface area contributed by atoms with Crippen molar-refractivity contribution in [1.82, 2.24) is 34.9 Å². The first-order valence-corrected chi connectivity index (χ1v) is 29.8. The number of rotatable bonds is 29. The average Bonchev–Trinajstić information content (AvgIpc) is 3.69. The molecule has 21 nitrogen and oxygen atoms in total. The second-order valence-corrected chi connectivity index (χ2v) is 25.2. The second kappa shape index (κ2) is 27.0. The Balaban J connectivity index is 0.707. The molecule has 2 bridgehead atoms. The van der Waals surface area contributed by atoms with E-state index in [-0.39, 0.29) is 65.7 Å². The van der Waals surface area contributed by atoms with E-state index >= 15 is 0 Å². The molecule has 0 saturated heterocycles. The molecule has 2 aliphatic carbocycles. The van der Waals surface area contributed by atoms with Crippen LogP contribution in [0.25, 0.3) is 21.3 Å². The van der Waals surface area contributed by atoms with E-state index in [4.69, 9.17) is 33.8 Å². The third kappa shape index (κ3) is 15.5. The summed E-state index contributed by atoms with van der Waals surface area (Å²) in [5.74, 6) is -1.99. The monoisotopic (exact) mass is 1170 g/mol. The molecule has 3 aromatic heterocycles. The smallest absolute Gasteiger partial charge is 0.355 e. The number of fused-ring (bicyclic) bond motifs is 4. The number of carboxylic acids is 1. The number of thiazole rings is 1. The Morgan fingerprint density at radius 3 is 2.21 bits per heavy atom. The van der Waals surface area contributed by atoms with E-state index in [2.05, 4.69) is 43.3 Å². The molecule has 2 aliphatic heterocycles. The summed E-state index contributed by atoms with van der Waals surface area (Å²) in [5, 5.41) is 21.8. The van der Waals surface area contributed by atoms with Crippen LogP contribution in [-0.2, 0) is 62.4 Å². The normalized spacial score (nSPS) is 20.8. The van der Waals surface area contributed by atoms with Gasteiger partial charge in [-0.2, -0.15) is 5.10 Å². The third-order valence-corrected chi connectivity index (χ3v) is 17.2. The van der Waals surface area contributed by atoms with Gasteiger partial charge < -0.3 is 43.9 Å². The summed E-state index contributed by atoms with van der Waals surface area (Å²) in [6.07, 6.45) is 9.72. The van der Waals surface area contributed by atoms with Gasteiger partial charge in [0.2, 0.25) is 11.8 Å². The fourth-order valence-electron chi connectivity index (χ4n) is 13.5. The first kappa shape index (κ1) is 61.6. The number of pyridine rings is 1. The number of para-hydroxylation sites is 1. The highest BCUT2D eigenvalue weighted by molar-refractivity contribution is 7.22. The van der Waals surface area contributed by atoms with Crippen LogP contribution in [-0.4, -0.2) is 168 Å². The number of carbonyl (C=O) groups is 6. The standard InChI is InChI=1S/C62H79N9O12S/c1-42-46(44-14-15-50(66-55(44)57(77)78)69-22-18-43-10-9-11-45(47(43)35-69)56(76)67-58-65-48-12-7-8-13-49(48)84-58)34-64-71(42)41-61(5)38-60(4)36-59(2,3)37-62(39-60,40-61)83-27-24-68(6)52(73)20-25-79-28-30-81-32-33-82-31-29-80-26-21-63-51(72)19-23-70-53(74)16-17-54(70)75/h7-17,34H,18-33,35-41H2,1-6H3,(H,63,72)(H,77,78)(H,65,67,76). The first-order chi connectivity index (χ1) is 40.2. The maximum absolute atomic E-state index is 13.7. The minimum absolute atomic E-state index is 0.00237. The van der Waals surface area contributed by atoms with Crippen LogP contribution in [0.1, 0.15) is 110 Å². The molecule has 450 valence electrons. The first-order valence-electron chi connectivity index (χ1n) is 29.0. The molecule has 5 amide bonds. The van der Waals surface area contributed by atoms with Crippen molar-refractivity contribution >= 4 is 68.0 Å². The van der Waals surface area contributed by atoms with E-state index in [1.807, 2.05) is 71.1 Å². The lowest BCUT2D eigenvalue weighted by molar-refractivity contribution is -0.195. The number of carboxylic acid groups (broad SMARTS) is 1. The molecular formula is C62H79N9O12S. The number of nitrogens with one attached hydrogen (secondary N) is 2. The Morgan fingerprint density at radius 1 is 0.774 bits per heavy atom. The van der Waals surface area contributed by atoms with E-state index in [0.29, 0.717) is 120 Å². The summed E-state index contributed by atoms with van der Waals surface area (Å²) in [5.41, 5.74) is 4.75. The Morgan fingerprint density at radius 2 is 1.49 bits per heavy atom. The van der Waals surface area contributed by atoms with Crippen molar-refractivity contribution in [2.75, 3.05) is 103 Å². The molecule has 84 heavy (non-hydrogen) atoms. The van der Waals surface area contributed by atoms with E-state index in [9.17, 15) is 33.9 Å².